The summed E-state index contributed by atoms with van der Waals surface area (Å²) in [5.74, 6) is 0. The van der Waals surface area contributed by atoms with Crippen LogP contribution in [0.4, 0.5) is 0 Å². The molecule has 1 saturated carbocycles. The minimum Gasteiger partial charge on any atom is -0.378 e. The predicted octanol–water partition coefficient (Wildman–Crippen LogP) is 3.11. The van der Waals surface area contributed by atoms with Gasteiger partial charge in [0.25, 0.3) is 0 Å². The first-order valence-electron chi connectivity index (χ1n) is 7.01. The van der Waals surface area contributed by atoms with E-state index in [1.165, 1.54) is 44.9 Å². The van der Waals surface area contributed by atoms with Gasteiger partial charge in [0.05, 0.1) is 6.10 Å². The fourth-order valence-corrected chi connectivity index (χ4v) is 3.09. The van der Waals surface area contributed by atoms with Gasteiger partial charge in [-0.1, -0.05) is 13.8 Å². The molecule has 0 aromatic carbocycles. The topological polar surface area (TPSA) is 21.3 Å². The van der Waals surface area contributed by atoms with Gasteiger partial charge in [0.1, 0.15) is 0 Å². The van der Waals surface area contributed by atoms with Crippen molar-refractivity contribution in [1.82, 2.24) is 5.32 Å². The first-order chi connectivity index (χ1) is 7.66. The predicted molar refractivity (Wildman–Crippen MR) is 67.6 cm³/mol. The lowest BCUT2D eigenvalue weighted by Crippen LogP contribution is -2.31. The highest BCUT2D eigenvalue weighted by Crippen LogP contribution is 2.36. The average Bonchev–Trinajstić information content (AvgIpc) is 2.60. The first-order valence-corrected chi connectivity index (χ1v) is 7.01. The first kappa shape index (κ1) is 12.4. The van der Waals surface area contributed by atoms with E-state index in [1.54, 1.807) is 0 Å². The summed E-state index contributed by atoms with van der Waals surface area (Å²) in [6.45, 7) is 6.91. The van der Waals surface area contributed by atoms with E-state index in [0.717, 1.165) is 19.2 Å². The number of nitrogens with one attached hydrogen (secondary N) is 1. The zero-order valence-corrected chi connectivity index (χ0v) is 10.9. The number of rotatable bonds is 4. The lowest BCUT2D eigenvalue weighted by Gasteiger charge is -2.23. The summed E-state index contributed by atoms with van der Waals surface area (Å²) in [4.78, 5) is 0. The summed E-state index contributed by atoms with van der Waals surface area (Å²) in [6, 6.07) is 0.763. The minimum atomic E-state index is 0.538. The van der Waals surface area contributed by atoms with Crippen LogP contribution in [-0.4, -0.2) is 25.3 Å². The van der Waals surface area contributed by atoms with Crippen LogP contribution >= 0.6 is 0 Å². The molecule has 0 radical (unpaired) electrons. The highest BCUT2D eigenvalue weighted by Gasteiger charge is 2.30. The standard InChI is InChI=1S/C14H27NO/c1-14(2)8-6-12(11-14)15-9-7-13-5-3-4-10-16-13/h12-13,15H,3-11H2,1-2H3. The second kappa shape index (κ2) is 5.50. The van der Waals surface area contributed by atoms with Gasteiger partial charge in [-0.05, 0) is 56.9 Å². The molecule has 2 aliphatic rings. The summed E-state index contributed by atoms with van der Waals surface area (Å²) in [5.41, 5.74) is 0.568. The van der Waals surface area contributed by atoms with Gasteiger partial charge in [-0.15, -0.1) is 0 Å². The number of ether oxygens (including phenoxy) is 1. The number of hydrogen-bond acceptors (Lipinski definition) is 2. The van der Waals surface area contributed by atoms with Crippen molar-refractivity contribution >= 4 is 0 Å². The van der Waals surface area contributed by atoms with Crippen LogP contribution in [0, 0.1) is 5.41 Å². The van der Waals surface area contributed by atoms with Crippen LogP contribution in [0.25, 0.3) is 0 Å². The Kier molecular flexibility index (Phi) is 4.26. The van der Waals surface area contributed by atoms with Crippen molar-refractivity contribution in [3.8, 4) is 0 Å². The molecule has 2 nitrogen and oxygen atoms in total. The third-order valence-corrected chi connectivity index (χ3v) is 4.14. The number of hydrogen-bond donors (Lipinski definition) is 1. The van der Waals surface area contributed by atoms with Crippen LogP contribution in [0.5, 0.6) is 0 Å². The van der Waals surface area contributed by atoms with E-state index in [-0.39, 0.29) is 0 Å². The van der Waals surface area contributed by atoms with Gasteiger partial charge in [0.15, 0.2) is 0 Å². The van der Waals surface area contributed by atoms with Crippen molar-refractivity contribution in [2.24, 2.45) is 5.41 Å². The third-order valence-electron chi connectivity index (χ3n) is 4.14. The Hall–Kier alpha value is -0.0800. The van der Waals surface area contributed by atoms with Gasteiger partial charge in [0.2, 0.25) is 0 Å². The molecule has 2 heteroatoms. The van der Waals surface area contributed by atoms with E-state index in [1.807, 2.05) is 0 Å². The molecule has 0 aromatic heterocycles. The zero-order chi connectivity index (χ0) is 11.4. The molecule has 1 N–H and O–H groups in total. The Labute approximate surface area is 100 Å². The van der Waals surface area contributed by atoms with Gasteiger partial charge < -0.3 is 10.1 Å². The maximum Gasteiger partial charge on any atom is 0.0587 e. The molecule has 94 valence electrons. The summed E-state index contributed by atoms with van der Waals surface area (Å²) < 4.78 is 5.74. The van der Waals surface area contributed by atoms with E-state index in [9.17, 15) is 0 Å². The van der Waals surface area contributed by atoms with Crippen molar-refractivity contribution in [2.45, 2.75) is 70.9 Å². The van der Waals surface area contributed by atoms with Gasteiger partial charge >= 0.3 is 0 Å². The molecule has 2 rings (SSSR count). The highest BCUT2D eigenvalue weighted by molar-refractivity contribution is 4.86. The summed E-state index contributed by atoms with van der Waals surface area (Å²) in [5, 5.41) is 3.70. The molecular formula is C14H27NO. The van der Waals surface area contributed by atoms with Gasteiger partial charge in [-0.25, -0.2) is 0 Å². The SMILES string of the molecule is CC1(C)CCC(NCCC2CCCCO2)C1. The molecule has 2 fully saturated rings. The Morgan fingerprint density at radius 2 is 2.12 bits per heavy atom. The van der Waals surface area contributed by atoms with Crippen molar-refractivity contribution in [1.29, 1.82) is 0 Å². The average molecular weight is 225 g/mol. The second-order valence-corrected chi connectivity index (χ2v) is 6.34. The van der Waals surface area contributed by atoms with Crippen molar-refractivity contribution in [3.63, 3.8) is 0 Å². The van der Waals surface area contributed by atoms with Crippen LogP contribution in [0.2, 0.25) is 0 Å². The largest absolute Gasteiger partial charge is 0.378 e. The third kappa shape index (κ3) is 3.74. The van der Waals surface area contributed by atoms with Crippen LogP contribution in [0.1, 0.15) is 58.8 Å². The van der Waals surface area contributed by atoms with E-state index in [0.29, 0.717) is 11.5 Å². The molecule has 1 heterocycles. The molecule has 2 atom stereocenters. The minimum absolute atomic E-state index is 0.538. The van der Waals surface area contributed by atoms with Crippen LogP contribution in [-0.2, 0) is 4.74 Å². The second-order valence-electron chi connectivity index (χ2n) is 6.34. The summed E-state index contributed by atoms with van der Waals surface area (Å²) in [7, 11) is 0. The van der Waals surface area contributed by atoms with E-state index in [4.69, 9.17) is 4.74 Å². The fraction of sp³-hybridized carbons (Fsp3) is 1.00. The van der Waals surface area contributed by atoms with E-state index in [2.05, 4.69) is 19.2 Å². The lowest BCUT2D eigenvalue weighted by molar-refractivity contribution is 0.0112. The molecule has 0 aromatic rings. The molecule has 0 bridgehead atoms. The molecule has 1 aliphatic heterocycles. The van der Waals surface area contributed by atoms with Crippen molar-refractivity contribution < 1.29 is 4.74 Å². The molecule has 2 unspecified atom stereocenters. The normalized spacial score (nSPS) is 34.1. The quantitative estimate of drug-likeness (QED) is 0.794. The van der Waals surface area contributed by atoms with Gasteiger partial charge in [-0.3, -0.25) is 0 Å². The van der Waals surface area contributed by atoms with Crippen LogP contribution in [0.3, 0.4) is 0 Å². The van der Waals surface area contributed by atoms with E-state index >= 15 is 0 Å². The summed E-state index contributed by atoms with van der Waals surface area (Å²) >= 11 is 0. The van der Waals surface area contributed by atoms with Crippen molar-refractivity contribution in [3.05, 3.63) is 0 Å². The maximum atomic E-state index is 5.74. The molecule has 16 heavy (non-hydrogen) atoms. The fourth-order valence-electron chi connectivity index (χ4n) is 3.09. The Morgan fingerprint density at radius 3 is 2.75 bits per heavy atom. The summed E-state index contributed by atoms with van der Waals surface area (Å²) in [6.07, 6.45) is 9.73. The molecule has 1 saturated heterocycles. The Morgan fingerprint density at radius 1 is 1.25 bits per heavy atom. The lowest BCUT2D eigenvalue weighted by atomic mass is 9.92. The molecular weight excluding hydrogens is 198 g/mol. The monoisotopic (exact) mass is 225 g/mol. The van der Waals surface area contributed by atoms with Crippen molar-refractivity contribution in [2.75, 3.05) is 13.2 Å². The Bertz CT molecular complexity index is 209. The highest BCUT2D eigenvalue weighted by atomic mass is 16.5. The van der Waals surface area contributed by atoms with Gasteiger partial charge in [-0.2, -0.15) is 0 Å². The molecule has 1 aliphatic carbocycles. The molecule has 0 spiro atoms. The smallest absolute Gasteiger partial charge is 0.0587 e. The molecule has 0 amide bonds. The van der Waals surface area contributed by atoms with Gasteiger partial charge in [0, 0.05) is 12.6 Å². The van der Waals surface area contributed by atoms with Crippen LogP contribution < -0.4 is 5.32 Å². The Balaban J connectivity index is 1.58. The maximum absolute atomic E-state index is 5.74. The van der Waals surface area contributed by atoms with Crippen LogP contribution in [0.15, 0.2) is 0 Å². The zero-order valence-electron chi connectivity index (χ0n) is 10.9. The van der Waals surface area contributed by atoms with E-state index < -0.39 is 0 Å².